The lowest BCUT2D eigenvalue weighted by atomic mass is 10.2. The molecule has 8 heteroatoms. The van der Waals surface area contributed by atoms with Crippen LogP contribution < -0.4 is 4.74 Å². The van der Waals surface area contributed by atoms with Crippen LogP contribution in [0.15, 0.2) is 18.2 Å². The molecule has 0 amide bonds. The first kappa shape index (κ1) is 16.0. The quantitative estimate of drug-likeness (QED) is 0.795. The van der Waals surface area contributed by atoms with Crippen molar-refractivity contribution in [2.45, 2.75) is 20.0 Å². The van der Waals surface area contributed by atoms with Gasteiger partial charge in [-0.2, -0.15) is 23.0 Å². The summed E-state index contributed by atoms with van der Waals surface area (Å²) in [6, 6.07) is 3.28. The second-order valence-electron chi connectivity index (χ2n) is 4.26. The monoisotopic (exact) mass is 338 g/mol. The van der Waals surface area contributed by atoms with Crippen molar-refractivity contribution < 1.29 is 17.9 Å². The average Bonchev–Trinajstić information content (AvgIpc) is 2.68. The molecule has 1 aromatic carbocycles. The number of aromatic nitrogens is 2. The van der Waals surface area contributed by atoms with Gasteiger partial charge in [0.1, 0.15) is 5.69 Å². The maximum atomic E-state index is 12.7. The second kappa shape index (κ2) is 5.77. The highest BCUT2D eigenvalue weighted by Gasteiger charge is 2.32. The van der Waals surface area contributed by atoms with Gasteiger partial charge in [-0.3, -0.25) is 0 Å². The Labute approximate surface area is 129 Å². The number of hydrogen-bond donors (Lipinski definition) is 0. The van der Waals surface area contributed by atoms with Crippen LogP contribution in [0.5, 0.6) is 5.88 Å². The first-order valence-electron chi connectivity index (χ1n) is 6.00. The van der Waals surface area contributed by atoms with Gasteiger partial charge in [0, 0.05) is 6.07 Å². The number of rotatable bonds is 3. The smallest absolute Gasteiger partial charge is 0.416 e. The molecule has 0 aliphatic carbocycles. The molecule has 21 heavy (non-hydrogen) atoms. The van der Waals surface area contributed by atoms with Crippen molar-refractivity contribution in [3.63, 3.8) is 0 Å². The zero-order valence-corrected chi connectivity index (χ0v) is 12.6. The van der Waals surface area contributed by atoms with Crippen molar-refractivity contribution in [1.82, 2.24) is 9.78 Å². The van der Waals surface area contributed by atoms with Gasteiger partial charge < -0.3 is 4.74 Å². The van der Waals surface area contributed by atoms with Gasteiger partial charge >= 0.3 is 6.18 Å². The van der Waals surface area contributed by atoms with Crippen molar-refractivity contribution in [3.8, 4) is 11.6 Å². The van der Waals surface area contributed by atoms with E-state index in [9.17, 15) is 13.2 Å². The standard InChI is InChI=1S/C13H11Cl2F3N2O/c1-3-21-11-4-7(2)19-20(11)12-9(14)5-8(6-10(12)15)13(16,17)18/h4-6H,3H2,1-2H3. The topological polar surface area (TPSA) is 27.1 Å². The van der Waals surface area contributed by atoms with Crippen molar-refractivity contribution >= 4 is 23.2 Å². The number of hydrogen-bond acceptors (Lipinski definition) is 2. The SMILES string of the molecule is CCOc1cc(C)nn1-c1c(Cl)cc(C(F)(F)F)cc1Cl. The molecule has 0 aliphatic rings. The van der Waals surface area contributed by atoms with E-state index < -0.39 is 11.7 Å². The molecule has 1 aromatic heterocycles. The Morgan fingerprint density at radius 1 is 1.19 bits per heavy atom. The highest BCUT2D eigenvalue weighted by molar-refractivity contribution is 6.37. The number of halogens is 5. The molecule has 2 rings (SSSR count). The molecule has 1 heterocycles. The lowest BCUT2D eigenvalue weighted by Gasteiger charge is -2.14. The average molecular weight is 339 g/mol. The van der Waals surface area contributed by atoms with Crippen molar-refractivity contribution in [3.05, 3.63) is 39.5 Å². The molecule has 0 spiro atoms. The van der Waals surface area contributed by atoms with E-state index >= 15 is 0 Å². The minimum atomic E-state index is -4.52. The maximum absolute atomic E-state index is 12.7. The van der Waals surface area contributed by atoms with Gasteiger partial charge in [0.05, 0.1) is 27.9 Å². The lowest BCUT2D eigenvalue weighted by Crippen LogP contribution is -2.08. The van der Waals surface area contributed by atoms with E-state index in [1.807, 2.05) is 0 Å². The van der Waals surface area contributed by atoms with Gasteiger partial charge in [0.15, 0.2) is 0 Å². The number of alkyl halides is 3. The fraction of sp³-hybridized carbons (Fsp3) is 0.308. The van der Waals surface area contributed by atoms with E-state index in [-0.39, 0.29) is 15.7 Å². The van der Waals surface area contributed by atoms with Crippen molar-refractivity contribution in [1.29, 1.82) is 0 Å². The van der Waals surface area contributed by atoms with Crippen molar-refractivity contribution in [2.24, 2.45) is 0 Å². The van der Waals surface area contributed by atoms with E-state index in [4.69, 9.17) is 27.9 Å². The van der Waals surface area contributed by atoms with Crippen LogP contribution in [0.4, 0.5) is 13.2 Å². The minimum Gasteiger partial charge on any atom is -0.478 e. The van der Waals surface area contributed by atoms with Gasteiger partial charge in [-0.15, -0.1) is 0 Å². The Morgan fingerprint density at radius 3 is 2.24 bits per heavy atom. The summed E-state index contributed by atoms with van der Waals surface area (Å²) in [7, 11) is 0. The normalized spacial score (nSPS) is 11.8. The molecule has 114 valence electrons. The molecule has 0 saturated carbocycles. The van der Waals surface area contributed by atoms with Gasteiger partial charge in [-0.25, -0.2) is 0 Å². The predicted octanol–water partition coefficient (Wildman–Crippen LogP) is 4.91. The Bertz CT molecular complexity index is 645. The summed E-state index contributed by atoms with van der Waals surface area (Å²) in [4.78, 5) is 0. The fourth-order valence-corrected chi connectivity index (χ4v) is 2.47. The zero-order valence-electron chi connectivity index (χ0n) is 11.1. The van der Waals surface area contributed by atoms with Crippen LogP contribution in [0.3, 0.4) is 0 Å². The number of nitrogens with zero attached hydrogens (tertiary/aromatic N) is 2. The summed E-state index contributed by atoms with van der Waals surface area (Å²) in [6.07, 6.45) is -4.52. The van der Waals surface area contributed by atoms with E-state index in [1.165, 1.54) is 4.68 Å². The molecule has 0 unspecified atom stereocenters. The maximum Gasteiger partial charge on any atom is 0.416 e. The van der Waals surface area contributed by atoms with Gasteiger partial charge in [0.25, 0.3) is 0 Å². The summed E-state index contributed by atoms with van der Waals surface area (Å²) in [5, 5.41) is 3.85. The van der Waals surface area contributed by atoms with Gasteiger partial charge in [0.2, 0.25) is 5.88 Å². The third-order valence-electron chi connectivity index (χ3n) is 2.65. The second-order valence-corrected chi connectivity index (χ2v) is 5.07. The zero-order chi connectivity index (χ0) is 15.8. The largest absolute Gasteiger partial charge is 0.478 e. The predicted molar refractivity (Wildman–Crippen MR) is 74.5 cm³/mol. The van der Waals surface area contributed by atoms with E-state index in [0.29, 0.717) is 18.2 Å². The summed E-state index contributed by atoms with van der Waals surface area (Å²) in [6.45, 7) is 3.88. The summed E-state index contributed by atoms with van der Waals surface area (Å²) in [5.74, 6) is 0.360. The molecular formula is C13H11Cl2F3N2O. The van der Waals surface area contributed by atoms with Crippen LogP contribution in [0.1, 0.15) is 18.2 Å². The molecule has 0 atom stereocenters. The van der Waals surface area contributed by atoms with Crippen LogP contribution >= 0.6 is 23.2 Å². The van der Waals surface area contributed by atoms with Gasteiger partial charge in [-0.05, 0) is 26.0 Å². The fourth-order valence-electron chi connectivity index (χ4n) is 1.82. The highest BCUT2D eigenvalue weighted by Crippen LogP contribution is 2.38. The minimum absolute atomic E-state index is 0.154. The van der Waals surface area contributed by atoms with Crippen molar-refractivity contribution in [2.75, 3.05) is 6.61 Å². The number of ether oxygens (including phenoxy) is 1. The lowest BCUT2D eigenvalue weighted by molar-refractivity contribution is -0.137. The van der Waals surface area contributed by atoms with Crippen LogP contribution in [-0.4, -0.2) is 16.4 Å². The highest BCUT2D eigenvalue weighted by atomic mass is 35.5. The van der Waals surface area contributed by atoms with Crippen LogP contribution in [0, 0.1) is 6.92 Å². The molecule has 0 fully saturated rings. The molecule has 0 aliphatic heterocycles. The van der Waals surface area contributed by atoms with Gasteiger partial charge in [-0.1, -0.05) is 23.2 Å². The summed E-state index contributed by atoms with van der Waals surface area (Å²) in [5.41, 5.74) is -0.128. The van der Waals surface area contributed by atoms with Crippen LogP contribution in [0.25, 0.3) is 5.69 Å². The molecular weight excluding hydrogens is 328 g/mol. The number of aryl methyl sites for hydroxylation is 1. The molecule has 0 saturated heterocycles. The third kappa shape index (κ3) is 3.27. The van der Waals surface area contributed by atoms with Crippen LogP contribution in [0.2, 0.25) is 10.0 Å². The molecule has 0 radical (unpaired) electrons. The Balaban J connectivity index is 2.60. The third-order valence-corrected chi connectivity index (χ3v) is 3.22. The molecule has 3 nitrogen and oxygen atoms in total. The molecule has 2 aromatic rings. The Kier molecular flexibility index (Phi) is 4.39. The Hall–Kier alpha value is -1.40. The first-order chi connectivity index (χ1) is 9.74. The molecule has 0 bridgehead atoms. The van der Waals surface area contributed by atoms with Crippen LogP contribution in [-0.2, 0) is 6.18 Å². The number of benzene rings is 1. The first-order valence-corrected chi connectivity index (χ1v) is 6.75. The Morgan fingerprint density at radius 2 is 1.76 bits per heavy atom. The van der Waals surface area contributed by atoms with E-state index in [2.05, 4.69) is 5.10 Å². The summed E-state index contributed by atoms with van der Waals surface area (Å²) >= 11 is 11.9. The molecule has 0 N–H and O–H groups in total. The van der Waals surface area contributed by atoms with E-state index in [1.54, 1.807) is 19.9 Å². The van der Waals surface area contributed by atoms with E-state index in [0.717, 1.165) is 12.1 Å². The summed E-state index contributed by atoms with van der Waals surface area (Å²) < 4.78 is 44.8.